The minimum absolute atomic E-state index is 0.0508. The summed E-state index contributed by atoms with van der Waals surface area (Å²) in [5, 5.41) is 19.5. The molecule has 0 aliphatic carbocycles. The van der Waals surface area contributed by atoms with Crippen LogP contribution in [0.4, 0.5) is 4.79 Å². The number of hydrogen-bond donors (Lipinski definition) is 2. The van der Waals surface area contributed by atoms with Crippen LogP contribution in [0.25, 0.3) is 11.0 Å². The molecule has 1 unspecified atom stereocenters. The van der Waals surface area contributed by atoms with Gasteiger partial charge in [0.25, 0.3) is 0 Å². The molecule has 0 fully saturated rings. The lowest BCUT2D eigenvalue weighted by Gasteiger charge is -2.37. The number of aliphatic hydroxyl groups is 1. The maximum Gasteiger partial charge on any atom is 0.408 e. The summed E-state index contributed by atoms with van der Waals surface area (Å²) < 4.78 is 5.78. The van der Waals surface area contributed by atoms with Gasteiger partial charge in [0.2, 0.25) is 0 Å². The zero-order chi connectivity index (χ0) is 15.8. The second-order valence-electron chi connectivity index (χ2n) is 6.18. The number of furan rings is 1. The fraction of sp³-hybridized carbons (Fsp3) is 0.438. The molecular weight excluding hydrogens is 270 g/mol. The Kier molecular flexibility index (Phi) is 3.96. The minimum Gasteiger partial charge on any atom is -0.465 e. The van der Waals surface area contributed by atoms with Crippen LogP contribution in [0.2, 0.25) is 0 Å². The van der Waals surface area contributed by atoms with Crippen molar-refractivity contribution in [1.82, 2.24) is 4.90 Å². The van der Waals surface area contributed by atoms with Gasteiger partial charge in [0.1, 0.15) is 11.3 Å². The molecule has 1 aromatic heterocycles. The fourth-order valence-corrected chi connectivity index (χ4v) is 2.56. The van der Waals surface area contributed by atoms with Crippen LogP contribution in [0.15, 0.2) is 28.7 Å². The lowest BCUT2D eigenvalue weighted by Crippen LogP contribution is -2.46. The normalized spacial score (nSPS) is 13.4. The molecule has 0 radical (unpaired) electrons. The summed E-state index contributed by atoms with van der Waals surface area (Å²) in [4.78, 5) is 12.9. The van der Waals surface area contributed by atoms with Crippen LogP contribution in [-0.2, 0) is 6.61 Å². The summed E-state index contributed by atoms with van der Waals surface area (Å²) in [6, 6.07) is 6.91. The lowest BCUT2D eigenvalue weighted by molar-refractivity contribution is 0.0689. The van der Waals surface area contributed by atoms with Gasteiger partial charge in [-0.15, -0.1) is 0 Å². The number of amides is 1. The number of benzene rings is 1. The SMILES string of the molecule is CC(c1cc2ccc(CO)cc2o1)N(C(=O)O)C(C)(C)C. The van der Waals surface area contributed by atoms with E-state index < -0.39 is 17.7 Å². The van der Waals surface area contributed by atoms with Crippen LogP contribution in [0.5, 0.6) is 0 Å². The highest BCUT2D eigenvalue weighted by molar-refractivity contribution is 5.79. The fourth-order valence-electron chi connectivity index (χ4n) is 2.56. The Morgan fingerprint density at radius 2 is 2.00 bits per heavy atom. The van der Waals surface area contributed by atoms with Gasteiger partial charge in [0.05, 0.1) is 12.6 Å². The van der Waals surface area contributed by atoms with Crippen LogP contribution in [0.1, 0.15) is 45.1 Å². The number of carboxylic acid groups (broad SMARTS) is 1. The van der Waals surface area contributed by atoms with E-state index in [1.807, 2.05) is 45.9 Å². The van der Waals surface area contributed by atoms with E-state index in [9.17, 15) is 9.90 Å². The summed E-state index contributed by atoms with van der Waals surface area (Å²) in [6.07, 6.45) is -0.980. The van der Waals surface area contributed by atoms with Gasteiger partial charge in [0.15, 0.2) is 0 Å². The molecule has 1 atom stereocenters. The molecule has 1 aromatic carbocycles. The molecule has 0 aliphatic heterocycles. The van der Waals surface area contributed by atoms with Gasteiger partial charge in [0, 0.05) is 10.9 Å². The second-order valence-corrected chi connectivity index (χ2v) is 6.18. The summed E-state index contributed by atoms with van der Waals surface area (Å²) in [5.41, 5.74) is 0.894. The van der Waals surface area contributed by atoms with E-state index in [0.717, 1.165) is 10.9 Å². The first-order valence-corrected chi connectivity index (χ1v) is 6.89. The third-order valence-electron chi connectivity index (χ3n) is 3.51. The van der Waals surface area contributed by atoms with Crippen molar-refractivity contribution in [2.75, 3.05) is 0 Å². The zero-order valence-corrected chi connectivity index (χ0v) is 12.8. The van der Waals surface area contributed by atoms with Crippen LogP contribution in [0, 0.1) is 0 Å². The number of aliphatic hydroxyl groups excluding tert-OH is 1. The average Bonchev–Trinajstić information content (AvgIpc) is 2.78. The van der Waals surface area contributed by atoms with Crippen molar-refractivity contribution >= 4 is 17.1 Å². The largest absolute Gasteiger partial charge is 0.465 e. The first-order chi connectivity index (χ1) is 9.74. The van der Waals surface area contributed by atoms with E-state index in [1.165, 1.54) is 4.90 Å². The number of nitrogens with zero attached hydrogens (tertiary/aromatic N) is 1. The maximum absolute atomic E-state index is 11.5. The summed E-state index contributed by atoms with van der Waals surface area (Å²) >= 11 is 0. The smallest absolute Gasteiger partial charge is 0.408 e. The van der Waals surface area contributed by atoms with E-state index in [4.69, 9.17) is 9.52 Å². The molecule has 0 bridgehead atoms. The van der Waals surface area contributed by atoms with Gasteiger partial charge >= 0.3 is 6.09 Å². The van der Waals surface area contributed by atoms with Gasteiger partial charge in [-0.05, 0) is 45.4 Å². The Morgan fingerprint density at radius 1 is 1.33 bits per heavy atom. The maximum atomic E-state index is 11.5. The molecular formula is C16H21NO4. The Hall–Kier alpha value is -2.01. The van der Waals surface area contributed by atoms with Gasteiger partial charge < -0.3 is 14.6 Å². The van der Waals surface area contributed by atoms with Crippen LogP contribution in [0.3, 0.4) is 0 Å². The molecule has 21 heavy (non-hydrogen) atoms. The standard InChI is InChI=1S/C16H21NO4/c1-10(17(15(19)20)16(2,3)4)13-8-12-6-5-11(9-18)7-14(12)21-13/h5-8,10,18H,9H2,1-4H3,(H,19,20). The van der Waals surface area contributed by atoms with Gasteiger partial charge in [-0.3, -0.25) is 4.90 Å². The number of hydrogen-bond acceptors (Lipinski definition) is 3. The Balaban J connectivity index is 2.42. The molecule has 5 heteroatoms. The topological polar surface area (TPSA) is 73.9 Å². The first-order valence-electron chi connectivity index (χ1n) is 6.89. The van der Waals surface area contributed by atoms with Crippen molar-refractivity contribution in [3.63, 3.8) is 0 Å². The highest BCUT2D eigenvalue weighted by atomic mass is 16.4. The number of fused-ring (bicyclic) bond motifs is 1. The van der Waals surface area contributed by atoms with Gasteiger partial charge in [-0.1, -0.05) is 12.1 Å². The third-order valence-corrected chi connectivity index (χ3v) is 3.51. The summed E-state index contributed by atoms with van der Waals surface area (Å²) in [5.74, 6) is 0.595. The van der Waals surface area contributed by atoms with E-state index in [1.54, 1.807) is 6.07 Å². The van der Waals surface area contributed by atoms with Crippen LogP contribution in [-0.4, -0.2) is 26.7 Å². The zero-order valence-electron chi connectivity index (χ0n) is 12.8. The van der Waals surface area contributed by atoms with Crippen molar-refractivity contribution in [3.05, 3.63) is 35.6 Å². The summed E-state index contributed by atoms with van der Waals surface area (Å²) in [7, 11) is 0. The molecule has 0 saturated carbocycles. The molecule has 1 heterocycles. The van der Waals surface area contributed by atoms with Crippen molar-refractivity contribution in [2.24, 2.45) is 0 Å². The van der Waals surface area contributed by atoms with Gasteiger partial charge in [-0.25, -0.2) is 4.79 Å². The van der Waals surface area contributed by atoms with Crippen molar-refractivity contribution in [1.29, 1.82) is 0 Å². The monoisotopic (exact) mass is 291 g/mol. The molecule has 2 N–H and O–H groups in total. The van der Waals surface area contributed by atoms with Crippen LogP contribution < -0.4 is 0 Å². The van der Waals surface area contributed by atoms with E-state index >= 15 is 0 Å². The molecule has 0 aliphatic rings. The highest BCUT2D eigenvalue weighted by Crippen LogP contribution is 2.32. The van der Waals surface area contributed by atoms with Crippen molar-refractivity contribution < 1.29 is 19.4 Å². The quantitative estimate of drug-likeness (QED) is 0.902. The molecule has 114 valence electrons. The minimum atomic E-state index is -0.980. The Labute approximate surface area is 123 Å². The van der Waals surface area contributed by atoms with Gasteiger partial charge in [-0.2, -0.15) is 0 Å². The first kappa shape index (κ1) is 15.4. The molecule has 5 nitrogen and oxygen atoms in total. The average molecular weight is 291 g/mol. The summed E-state index contributed by atoms with van der Waals surface area (Å²) in [6.45, 7) is 7.31. The Bertz CT molecular complexity index is 654. The molecule has 2 rings (SSSR count). The molecule has 1 amide bonds. The van der Waals surface area contributed by atoms with Crippen molar-refractivity contribution in [3.8, 4) is 0 Å². The lowest BCUT2D eigenvalue weighted by atomic mass is 10.0. The van der Waals surface area contributed by atoms with Crippen LogP contribution >= 0.6 is 0 Å². The molecule has 2 aromatic rings. The predicted octanol–water partition coefficient (Wildman–Crippen LogP) is 3.76. The van der Waals surface area contributed by atoms with Crippen molar-refractivity contribution in [2.45, 2.75) is 45.9 Å². The van der Waals surface area contributed by atoms with E-state index in [2.05, 4.69) is 0 Å². The number of carbonyl (C=O) groups is 1. The second kappa shape index (κ2) is 5.41. The van der Waals surface area contributed by atoms with E-state index in [-0.39, 0.29) is 6.61 Å². The molecule has 0 saturated heterocycles. The Morgan fingerprint density at radius 3 is 2.52 bits per heavy atom. The third kappa shape index (κ3) is 3.03. The van der Waals surface area contributed by atoms with E-state index in [0.29, 0.717) is 11.3 Å². The molecule has 0 spiro atoms. The highest BCUT2D eigenvalue weighted by Gasteiger charge is 2.33. The predicted molar refractivity (Wildman–Crippen MR) is 80.2 cm³/mol. The number of rotatable bonds is 3.